The summed E-state index contributed by atoms with van der Waals surface area (Å²) in [5.74, 6) is -0.386. The molecule has 0 saturated heterocycles. The Labute approximate surface area is 103 Å². The number of aryl methyl sites for hydroxylation is 1. The molecule has 18 heavy (non-hydrogen) atoms. The molecule has 0 spiro atoms. The van der Waals surface area contributed by atoms with Crippen molar-refractivity contribution in [3.8, 4) is 11.5 Å². The molecule has 0 radical (unpaired) electrons. The minimum absolute atomic E-state index is 0.170. The van der Waals surface area contributed by atoms with Gasteiger partial charge in [0.2, 0.25) is 0 Å². The standard InChI is InChI=1S/C13H11NO4/c1-14-8-2-3-11(12(14)15)18-10-6-4-9(5-7-10)13(16)17/h2-8H,1H3,(H,16,17). The zero-order valence-electron chi connectivity index (χ0n) is 9.66. The lowest BCUT2D eigenvalue weighted by atomic mass is 10.2. The monoisotopic (exact) mass is 245 g/mol. The lowest BCUT2D eigenvalue weighted by Gasteiger charge is -2.06. The van der Waals surface area contributed by atoms with E-state index >= 15 is 0 Å². The summed E-state index contributed by atoms with van der Waals surface area (Å²) < 4.78 is 6.80. The zero-order chi connectivity index (χ0) is 13.1. The average molecular weight is 245 g/mol. The minimum Gasteiger partial charge on any atom is -0.478 e. The van der Waals surface area contributed by atoms with Crippen LogP contribution in [0.5, 0.6) is 11.5 Å². The molecule has 2 aromatic rings. The number of benzene rings is 1. The Bertz CT molecular complexity index is 628. The van der Waals surface area contributed by atoms with E-state index in [1.807, 2.05) is 0 Å². The number of aromatic nitrogens is 1. The van der Waals surface area contributed by atoms with Crippen LogP contribution in [-0.2, 0) is 7.05 Å². The van der Waals surface area contributed by atoms with Crippen molar-refractivity contribution in [2.24, 2.45) is 7.05 Å². The molecular weight excluding hydrogens is 234 g/mol. The molecule has 92 valence electrons. The molecule has 0 saturated carbocycles. The summed E-state index contributed by atoms with van der Waals surface area (Å²) in [7, 11) is 1.63. The maximum Gasteiger partial charge on any atom is 0.335 e. The predicted molar refractivity (Wildman–Crippen MR) is 65.2 cm³/mol. The van der Waals surface area contributed by atoms with Gasteiger partial charge in [-0.05, 0) is 36.4 Å². The van der Waals surface area contributed by atoms with Gasteiger partial charge in [-0.25, -0.2) is 4.79 Å². The van der Waals surface area contributed by atoms with Gasteiger partial charge in [0.1, 0.15) is 5.75 Å². The third-order valence-electron chi connectivity index (χ3n) is 2.42. The van der Waals surface area contributed by atoms with Gasteiger partial charge in [-0.2, -0.15) is 0 Å². The molecule has 2 rings (SSSR count). The number of aromatic carboxylic acids is 1. The number of carboxylic acids is 1. The number of rotatable bonds is 3. The van der Waals surface area contributed by atoms with Crippen LogP contribution in [0.15, 0.2) is 47.4 Å². The van der Waals surface area contributed by atoms with Crippen LogP contribution < -0.4 is 10.3 Å². The van der Waals surface area contributed by atoms with Crippen molar-refractivity contribution in [2.75, 3.05) is 0 Å². The first-order valence-corrected chi connectivity index (χ1v) is 5.25. The maximum atomic E-state index is 11.7. The second kappa shape index (κ2) is 4.75. The fourth-order valence-electron chi connectivity index (χ4n) is 1.44. The van der Waals surface area contributed by atoms with Crippen molar-refractivity contribution in [1.82, 2.24) is 4.57 Å². The normalized spacial score (nSPS) is 10.1. The number of ether oxygens (including phenoxy) is 1. The predicted octanol–water partition coefficient (Wildman–Crippen LogP) is 1.88. The fourth-order valence-corrected chi connectivity index (χ4v) is 1.44. The SMILES string of the molecule is Cn1cccc(Oc2ccc(C(=O)O)cc2)c1=O. The number of hydrogen-bond acceptors (Lipinski definition) is 3. The van der Waals surface area contributed by atoms with Gasteiger partial charge >= 0.3 is 5.97 Å². The number of carbonyl (C=O) groups is 1. The number of pyridine rings is 1. The molecule has 0 aliphatic carbocycles. The highest BCUT2D eigenvalue weighted by Gasteiger charge is 2.05. The zero-order valence-corrected chi connectivity index (χ0v) is 9.66. The quantitative estimate of drug-likeness (QED) is 0.896. The van der Waals surface area contributed by atoms with Crippen LogP contribution in [0.1, 0.15) is 10.4 Å². The molecule has 0 atom stereocenters. The maximum absolute atomic E-state index is 11.7. The third-order valence-corrected chi connectivity index (χ3v) is 2.42. The van der Waals surface area contributed by atoms with Crippen molar-refractivity contribution in [2.45, 2.75) is 0 Å². The second-order valence-electron chi connectivity index (χ2n) is 3.72. The van der Waals surface area contributed by atoms with Crippen LogP contribution in [0.25, 0.3) is 0 Å². The van der Waals surface area contributed by atoms with E-state index in [-0.39, 0.29) is 16.9 Å². The average Bonchev–Trinajstić information content (AvgIpc) is 2.36. The lowest BCUT2D eigenvalue weighted by Crippen LogP contribution is -2.16. The molecular formula is C13H11NO4. The molecule has 0 bridgehead atoms. The Morgan fingerprint density at radius 1 is 1.22 bits per heavy atom. The van der Waals surface area contributed by atoms with Gasteiger partial charge in [0.05, 0.1) is 5.56 Å². The van der Waals surface area contributed by atoms with Crippen molar-refractivity contribution in [1.29, 1.82) is 0 Å². The van der Waals surface area contributed by atoms with Crippen LogP contribution in [0, 0.1) is 0 Å². The summed E-state index contributed by atoms with van der Waals surface area (Å²) >= 11 is 0. The van der Waals surface area contributed by atoms with E-state index in [0.29, 0.717) is 5.75 Å². The Kier molecular flexibility index (Phi) is 3.14. The first-order chi connectivity index (χ1) is 8.58. The van der Waals surface area contributed by atoms with Gasteiger partial charge in [-0.1, -0.05) is 0 Å². The van der Waals surface area contributed by atoms with Crippen molar-refractivity contribution in [3.63, 3.8) is 0 Å². The second-order valence-corrected chi connectivity index (χ2v) is 3.72. The Balaban J connectivity index is 2.26. The molecule has 1 N–H and O–H groups in total. The van der Waals surface area contributed by atoms with Gasteiger partial charge in [-0.15, -0.1) is 0 Å². The van der Waals surface area contributed by atoms with E-state index in [0.717, 1.165) is 0 Å². The fraction of sp³-hybridized carbons (Fsp3) is 0.0769. The van der Waals surface area contributed by atoms with E-state index in [9.17, 15) is 9.59 Å². The summed E-state index contributed by atoms with van der Waals surface area (Å²) in [5, 5.41) is 8.75. The Morgan fingerprint density at radius 2 is 1.89 bits per heavy atom. The van der Waals surface area contributed by atoms with E-state index < -0.39 is 5.97 Å². The van der Waals surface area contributed by atoms with Crippen LogP contribution >= 0.6 is 0 Å². The van der Waals surface area contributed by atoms with Crippen molar-refractivity contribution >= 4 is 5.97 Å². The molecule has 1 heterocycles. The molecule has 0 unspecified atom stereocenters. The van der Waals surface area contributed by atoms with Gasteiger partial charge < -0.3 is 14.4 Å². The number of carboxylic acid groups (broad SMARTS) is 1. The van der Waals surface area contributed by atoms with Crippen LogP contribution in [0.2, 0.25) is 0 Å². The summed E-state index contributed by atoms with van der Waals surface area (Å²) in [6, 6.07) is 9.12. The lowest BCUT2D eigenvalue weighted by molar-refractivity contribution is 0.0697. The summed E-state index contributed by atoms with van der Waals surface area (Å²) in [4.78, 5) is 22.4. The first kappa shape index (κ1) is 11.9. The molecule has 0 fully saturated rings. The molecule has 0 amide bonds. The van der Waals surface area contributed by atoms with E-state index in [1.165, 1.54) is 28.8 Å². The highest BCUT2D eigenvalue weighted by atomic mass is 16.5. The van der Waals surface area contributed by atoms with Crippen molar-refractivity contribution < 1.29 is 14.6 Å². The third kappa shape index (κ3) is 2.40. The minimum atomic E-state index is -1.00. The first-order valence-electron chi connectivity index (χ1n) is 5.25. The van der Waals surface area contributed by atoms with Crippen LogP contribution in [-0.4, -0.2) is 15.6 Å². The van der Waals surface area contributed by atoms with Gasteiger partial charge in [0.15, 0.2) is 5.75 Å². The highest BCUT2D eigenvalue weighted by Crippen LogP contribution is 2.18. The molecule has 1 aromatic carbocycles. The topological polar surface area (TPSA) is 68.5 Å². The largest absolute Gasteiger partial charge is 0.478 e. The molecule has 5 heteroatoms. The summed E-state index contributed by atoms with van der Waals surface area (Å²) in [5.41, 5.74) is -0.0804. The van der Waals surface area contributed by atoms with Crippen molar-refractivity contribution in [3.05, 3.63) is 58.5 Å². The van der Waals surface area contributed by atoms with Gasteiger partial charge in [0, 0.05) is 13.2 Å². The summed E-state index contributed by atoms with van der Waals surface area (Å²) in [6.45, 7) is 0. The smallest absolute Gasteiger partial charge is 0.335 e. The van der Waals surface area contributed by atoms with E-state index in [1.54, 1.807) is 25.4 Å². The highest BCUT2D eigenvalue weighted by molar-refractivity contribution is 5.87. The Hall–Kier alpha value is -2.56. The van der Waals surface area contributed by atoms with E-state index in [4.69, 9.17) is 9.84 Å². The van der Waals surface area contributed by atoms with Crippen LogP contribution in [0.3, 0.4) is 0 Å². The van der Waals surface area contributed by atoms with E-state index in [2.05, 4.69) is 0 Å². The molecule has 5 nitrogen and oxygen atoms in total. The molecule has 0 aliphatic heterocycles. The summed E-state index contributed by atoms with van der Waals surface area (Å²) in [6.07, 6.45) is 1.63. The number of hydrogen-bond donors (Lipinski definition) is 1. The van der Waals surface area contributed by atoms with Crippen LogP contribution in [0.4, 0.5) is 0 Å². The van der Waals surface area contributed by atoms with Gasteiger partial charge in [-0.3, -0.25) is 4.79 Å². The Morgan fingerprint density at radius 3 is 2.50 bits per heavy atom. The molecule has 0 aliphatic rings. The number of nitrogens with zero attached hydrogens (tertiary/aromatic N) is 1. The molecule has 1 aromatic heterocycles. The van der Waals surface area contributed by atoms with Gasteiger partial charge in [0.25, 0.3) is 5.56 Å².